The molecule has 1 amide bonds. The molecule has 2 aromatic heterocycles. The summed E-state index contributed by atoms with van der Waals surface area (Å²) in [6.07, 6.45) is 2.84. The quantitative estimate of drug-likeness (QED) is 0.329. The van der Waals surface area contributed by atoms with Crippen LogP contribution >= 0.6 is 11.3 Å². The van der Waals surface area contributed by atoms with Crippen molar-refractivity contribution in [2.24, 2.45) is 0 Å². The largest absolute Gasteiger partial charge is 0.465 e. The van der Waals surface area contributed by atoms with Gasteiger partial charge in [0.25, 0.3) is 5.91 Å². The summed E-state index contributed by atoms with van der Waals surface area (Å²) in [4.78, 5) is 25.8. The molecule has 0 saturated carbocycles. The monoisotopic (exact) mass is 438 g/mol. The summed E-state index contributed by atoms with van der Waals surface area (Å²) in [5, 5.41) is 19.2. The molecule has 3 rings (SSSR count). The molecule has 1 aromatic carbocycles. The lowest BCUT2D eigenvalue weighted by molar-refractivity contribution is -0.112. The number of esters is 1. The molecule has 0 radical (unpaired) electrons. The Kier molecular flexibility index (Phi) is 6.62. The summed E-state index contributed by atoms with van der Waals surface area (Å²) in [5.74, 6) is -1.48. The number of methoxy groups -OCH3 is 1. The van der Waals surface area contributed by atoms with E-state index >= 15 is 0 Å². The number of anilines is 1. The van der Waals surface area contributed by atoms with E-state index in [0.717, 1.165) is 4.88 Å². The predicted octanol–water partition coefficient (Wildman–Crippen LogP) is 4.73. The average Bonchev–Trinajstić information content (AvgIpc) is 3.39. The first kappa shape index (κ1) is 21.9. The number of nitrogens with zero attached hydrogens (tertiary/aromatic N) is 2. The summed E-state index contributed by atoms with van der Waals surface area (Å²) in [7, 11) is 1.26. The van der Waals surface area contributed by atoms with E-state index in [-0.39, 0.29) is 22.9 Å². The Balaban J connectivity index is 1.91. The minimum absolute atomic E-state index is 0.147. The Morgan fingerprint density at radius 3 is 2.65 bits per heavy atom. The van der Waals surface area contributed by atoms with Gasteiger partial charge >= 0.3 is 5.97 Å². The highest BCUT2D eigenvalue weighted by atomic mass is 32.1. The van der Waals surface area contributed by atoms with Gasteiger partial charge in [0.15, 0.2) is 0 Å². The number of H-pyrrole nitrogens is 1. The number of nitriles is 1. The number of nitrogens with one attached hydrogen (secondary N) is 2. The second kappa shape index (κ2) is 9.36. The Morgan fingerprint density at radius 2 is 2.03 bits per heavy atom. The highest BCUT2D eigenvalue weighted by Gasteiger charge is 2.21. The number of ether oxygens (including phenoxy) is 1. The fourth-order valence-electron chi connectivity index (χ4n) is 2.78. The molecule has 2 heterocycles. The number of carbonyl (C=O) groups excluding carboxylic acids is 2. The van der Waals surface area contributed by atoms with E-state index in [1.54, 1.807) is 18.2 Å². The predicted molar refractivity (Wildman–Crippen MR) is 116 cm³/mol. The van der Waals surface area contributed by atoms with Gasteiger partial charge in [-0.25, -0.2) is 9.18 Å². The molecule has 0 aliphatic carbocycles. The Bertz CT molecular complexity index is 1190. The molecule has 0 bridgehead atoms. The fraction of sp³-hybridized carbons (Fsp3) is 0.182. The lowest BCUT2D eigenvalue weighted by atomic mass is 10.1. The molecule has 0 spiro atoms. The van der Waals surface area contributed by atoms with Gasteiger partial charge in [-0.15, -0.1) is 11.3 Å². The molecule has 0 saturated heterocycles. The first-order chi connectivity index (χ1) is 14.8. The van der Waals surface area contributed by atoms with Crippen LogP contribution < -0.4 is 5.32 Å². The van der Waals surface area contributed by atoms with Crippen LogP contribution in [0.1, 0.15) is 40.6 Å². The van der Waals surface area contributed by atoms with Crippen LogP contribution in [0.2, 0.25) is 0 Å². The van der Waals surface area contributed by atoms with Crippen LogP contribution in [0.3, 0.4) is 0 Å². The molecule has 31 heavy (non-hydrogen) atoms. The first-order valence-corrected chi connectivity index (χ1v) is 10.1. The van der Waals surface area contributed by atoms with Crippen LogP contribution in [0.15, 0.2) is 42.1 Å². The van der Waals surface area contributed by atoms with Gasteiger partial charge in [-0.3, -0.25) is 9.89 Å². The molecule has 0 aliphatic heterocycles. The Morgan fingerprint density at radius 1 is 1.32 bits per heavy atom. The SMILES string of the molecule is COC(=O)c1cc(C(C)C)sc1NC(=O)C(C#N)=Cc1cn[nH]c1-c1ccc(F)cc1. The van der Waals surface area contributed by atoms with E-state index in [4.69, 9.17) is 4.74 Å². The molecule has 7 nitrogen and oxygen atoms in total. The van der Waals surface area contributed by atoms with Crippen LogP contribution in [0.5, 0.6) is 0 Å². The van der Waals surface area contributed by atoms with Crippen molar-refractivity contribution in [2.75, 3.05) is 12.4 Å². The van der Waals surface area contributed by atoms with Crippen molar-refractivity contribution in [2.45, 2.75) is 19.8 Å². The number of hydrogen-bond donors (Lipinski definition) is 2. The van der Waals surface area contributed by atoms with E-state index in [9.17, 15) is 19.2 Å². The third-order valence-corrected chi connectivity index (χ3v) is 5.77. The summed E-state index contributed by atoms with van der Waals surface area (Å²) >= 11 is 1.25. The van der Waals surface area contributed by atoms with Gasteiger partial charge in [-0.2, -0.15) is 10.4 Å². The van der Waals surface area contributed by atoms with Crippen molar-refractivity contribution >= 4 is 34.3 Å². The van der Waals surface area contributed by atoms with Crippen LogP contribution in [-0.4, -0.2) is 29.2 Å². The van der Waals surface area contributed by atoms with Crippen molar-refractivity contribution in [1.82, 2.24) is 10.2 Å². The summed E-state index contributed by atoms with van der Waals surface area (Å²) in [5.41, 5.74) is 1.72. The maximum absolute atomic E-state index is 13.2. The number of aromatic amines is 1. The number of halogens is 1. The summed E-state index contributed by atoms with van der Waals surface area (Å²) in [6.45, 7) is 3.93. The maximum atomic E-state index is 13.2. The second-order valence-corrected chi connectivity index (χ2v) is 7.95. The van der Waals surface area contributed by atoms with Gasteiger partial charge in [0, 0.05) is 16.0 Å². The molecule has 3 aromatic rings. The van der Waals surface area contributed by atoms with E-state index < -0.39 is 11.9 Å². The normalized spacial score (nSPS) is 11.3. The zero-order chi connectivity index (χ0) is 22.5. The number of aromatic nitrogens is 2. The molecule has 2 N–H and O–H groups in total. The number of hydrogen-bond acceptors (Lipinski definition) is 6. The van der Waals surface area contributed by atoms with E-state index in [1.165, 1.54) is 42.9 Å². The number of thiophene rings is 1. The van der Waals surface area contributed by atoms with E-state index in [2.05, 4.69) is 15.5 Å². The topological polar surface area (TPSA) is 108 Å². The smallest absolute Gasteiger partial charge is 0.340 e. The molecular weight excluding hydrogens is 419 g/mol. The second-order valence-electron chi connectivity index (χ2n) is 6.87. The minimum atomic E-state index is -0.670. The molecule has 0 fully saturated rings. The van der Waals surface area contributed by atoms with E-state index in [1.807, 2.05) is 19.9 Å². The summed E-state index contributed by atoms with van der Waals surface area (Å²) in [6, 6.07) is 9.29. The van der Waals surface area contributed by atoms with Crippen LogP contribution in [0.25, 0.3) is 17.3 Å². The summed E-state index contributed by atoms with van der Waals surface area (Å²) < 4.78 is 18.0. The standard InChI is InChI=1S/C22H19FN4O3S/c1-12(2)18-9-17(22(29)30-3)21(31-18)26-20(28)14(10-24)8-15-11-25-27-19(15)13-4-6-16(23)7-5-13/h4-9,11-12H,1-3H3,(H,25,27)(H,26,28). The van der Waals surface area contributed by atoms with Crippen molar-refractivity contribution in [3.05, 3.63) is 63.9 Å². The third-order valence-electron chi connectivity index (χ3n) is 4.42. The van der Waals surface area contributed by atoms with Crippen LogP contribution in [0, 0.1) is 17.1 Å². The molecular formula is C22H19FN4O3S. The van der Waals surface area contributed by atoms with Crippen LogP contribution in [0.4, 0.5) is 9.39 Å². The van der Waals surface area contributed by atoms with Gasteiger partial charge in [-0.1, -0.05) is 13.8 Å². The zero-order valence-electron chi connectivity index (χ0n) is 17.0. The Hall–Kier alpha value is -3.77. The molecule has 9 heteroatoms. The maximum Gasteiger partial charge on any atom is 0.340 e. The third kappa shape index (κ3) is 4.87. The molecule has 158 valence electrons. The fourth-order valence-corrected chi connectivity index (χ4v) is 3.82. The van der Waals surface area contributed by atoms with Crippen LogP contribution in [-0.2, 0) is 9.53 Å². The van der Waals surface area contributed by atoms with Crippen molar-refractivity contribution in [1.29, 1.82) is 5.26 Å². The average molecular weight is 438 g/mol. The van der Waals surface area contributed by atoms with Crippen molar-refractivity contribution in [3.63, 3.8) is 0 Å². The highest BCUT2D eigenvalue weighted by Crippen LogP contribution is 2.34. The van der Waals surface area contributed by atoms with Gasteiger partial charge < -0.3 is 10.1 Å². The Labute approximate surface area is 182 Å². The molecule has 0 atom stereocenters. The lowest BCUT2D eigenvalue weighted by Crippen LogP contribution is -2.15. The van der Waals surface area contributed by atoms with Crippen molar-refractivity contribution in [3.8, 4) is 17.3 Å². The number of carbonyl (C=O) groups is 2. The minimum Gasteiger partial charge on any atom is -0.465 e. The van der Waals surface area contributed by atoms with Crippen molar-refractivity contribution < 1.29 is 18.7 Å². The van der Waals surface area contributed by atoms with Gasteiger partial charge in [0.1, 0.15) is 22.5 Å². The number of benzene rings is 1. The first-order valence-electron chi connectivity index (χ1n) is 9.28. The molecule has 0 aliphatic rings. The van der Waals surface area contributed by atoms with Gasteiger partial charge in [-0.05, 0) is 42.3 Å². The number of amides is 1. The zero-order valence-corrected chi connectivity index (χ0v) is 17.8. The van der Waals surface area contributed by atoms with Gasteiger partial charge in [0.05, 0.1) is 24.6 Å². The highest BCUT2D eigenvalue weighted by molar-refractivity contribution is 7.16. The lowest BCUT2D eigenvalue weighted by Gasteiger charge is -2.05. The van der Waals surface area contributed by atoms with E-state index in [0.29, 0.717) is 21.8 Å². The van der Waals surface area contributed by atoms with Gasteiger partial charge in [0.2, 0.25) is 0 Å². The molecule has 0 unspecified atom stereocenters. The number of rotatable bonds is 6.